The number of hydrogen-bond donors (Lipinski definition) is 0. The van der Waals surface area contributed by atoms with E-state index in [1.165, 1.54) is 22.9 Å². The Balaban J connectivity index is 1.50. The molecule has 2 aromatic rings. The Labute approximate surface area is 193 Å². The first-order valence-electron chi connectivity index (χ1n) is 11.1. The molecule has 2 aromatic heterocycles. The molecule has 0 amide bonds. The second-order valence-corrected chi connectivity index (χ2v) is 9.10. The third kappa shape index (κ3) is 3.99. The zero-order valence-electron chi connectivity index (χ0n) is 18.8. The Bertz CT molecular complexity index is 1150. The Hall–Kier alpha value is -3.15. The van der Waals surface area contributed by atoms with Crippen molar-refractivity contribution in [2.24, 2.45) is 0 Å². The molecule has 0 saturated carbocycles. The van der Waals surface area contributed by atoms with Gasteiger partial charge in [0.15, 0.2) is 5.78 Å². The molecule has 0 spiro atoms. The van der Waals surface area contributed by atoms with Crippen LogP contribution in [0.4, 0.5) is 30.8 Å². The number of pyridine rings is 1. The summed E-state index contributed by atoms with van der Waals surface area (Å²) in [5.74, 6) is 0.277. The van der Waals surface area contributed by atoms with Gasteiger partial charge in [-0.1, -0.05) is 0 Å². The number of halogens is 3. The van der Waals surface area contributed by atoms with Crippen LogP contribution in [0, 0.1) is 0 Å². The molecule has 5 rings (SSSR count). The van der Waals surface area contributed by atoms with Crippen molar-refractivity contribution < 1.29 is 22.7 Å². The maximum absolute atomic E-state index is 14.0. The highest BCUT2D eigenvalue weighted by Crippen LogP contribution is 2.36. The van der Waals surface area contributed by atoms with Crippen molar-refractivity contribution in [2.75, 3.05) is 48.5 Å². The van der Waals surface area contributed by atoms with Gasteiger partial charge in [0.1, 0.15) is 17.7 Å². The molecule has 0 aliphatic carbocycles. The van der Waals surface area contributed by atoms with Gasteiger partial charge in [-0.25, -0.2) is 4.98 Å². The number of carbonyl (C=O) groups is 1. The largest absolute Gasteiger partial charge is 0.408 e. The van der Waals surface area contributed by atoms with E-state index in [1.54, 1.807) is 25.1 Å². The number of Topliss-reactive ketones (excluding diaryl/α,β-unsaturated/α-hetero) is 1. The van der Waals surface area contributed by atoms with Gasteiger partial charge in [-0.15, -0.1) is 0 Å². The molecular weight excluding hydrogens is 453 g/mol. The molecule has 2 bridgehead atoms. The quantitative estimate of drug-likeness (QED) is 0.601. The van der Waals surface area contributed by atoms with E-state index in [1.807, 2.05) is 4.90 Å². The third-order valence-electron chi connectivity index (χ3n) is 6.65. The highest BCUT2D eigenvalue weighted by molar-refractivity contribution is 5.99. The molecule has 3 atom stereocenters. The lowest BCUT2D eigenvalue weighted by Gasteiger charge is -2.39. The number of carbonyl (C=O) groups excluding carboxylic acids is 1. The molecule has 0 aromatic carbocycles. The van der Waals surface area contributed by atoms with Crippen LogP contribution in [0.1, 0.15) is 23.2 Å². The van der Waals surface area contributed by atoms with E-state index >= 15 is 0 Å². The minimum atomic E-state index is -4.59. The average Bonchev–Trinajstić information content (AvgIpc) is 3.42. The molecule has 12 heteroatoms. The number of fused-ring (bicyclic) bond motifs is 3. The topological polar surface area (TPSA) is 83.8 Å². The summed E-state index contributed by atoms with van der Waals surface area (Å²) in [6.45, 7) is 0.336. The van der Waals surface area contributed by atoms with Crippen molar-refractivity contribution in [1.82, 2.24) is 14.5 Å². The van der Waals surface area contributed by atoms with E-state index in [9.17, 15) is 22.8 Å². The lowest BCUT2D eigenvalue weighted by molar-refractivity contribution is -0.152. The molecule has 0 radical (unpaired) electrons. The van der Waals surface area contributed by atoms with Crippen LogP contribution in [0.25, 0.3) is 0 Å². The van der Waals surface area contributed by atoms with Crippen molar-refractivity contribution >= 4 is 23.4 Å². The lowest BCUT2D eigenvalue weighted by atomic mass is 10.1. The molecule has 2 fully saturated rings. The van der Waals surface area contributed by atoms with E-state index < -0.39 is 30.1 Å². The SMILES string of the molecule is CN(C)c1ccc(C(=O)CN2c3nc(N4C[C@@H]5CC4CO5)cc(=O)n3CC[C@H]2C(F)(F)F)cn1. The molecule has 2 saturated heterocycles. The number of rotatable bonds is 5. The molecule has 5 heterocycles. The third-order valence-corrected chi connectivity index (χ3v) is 6.65. The number of nitrogens with zero attached hydrogens (tertiary/aromatic N) is 6. The number of hydrogen-bond acceptors (Lipinski definition) is 8. The number of alkyl halides is 3. The molecular formula is C22H25F3N6O3. The van der Waals surface area contributed by atoms with E-state index in [0.717, 1.165) is 11.3 Å². The Morgan fingerprint density at radius 3 is 2.68 bits per heavy atom. The second kappa shape index (κ2) is 8.26. The van der Waals surface area contributed by atoms with E-state index in [-0.39, 0.29) is 36.6 Å². The monoisotopic (exact) mass is 478 g/mol. The van der Waals surface area contributed by atoms with Gasteiger partial charge in [-0.2, -0.15) is 18.2 Å². The lowest BCUT2D eigenvalue weighted by Crippen LogP contribution is -2.54. The Morgan fingerprint density at radius 2 is 2.09 bits per heavy atom. The summed E-state index contributed by atoms with van der Waals surface area (Å²) in [5.41, 5.74) is -0.241. The van der Waals surface area contributed by atoms with Crippen molar-refractivity contribution in [3.63, 3.8) is 0 Å². The summed E-state index contributed by atoms with van der Waals surface area (Å²) in [6, 6.07) is 2.64. The fourth-order valence-corrected chi connectivity index (χ4v) is 4.87. The first-order chi connectivity index (χ1) is 16.1. The zero-order valence-corrected chi connectivity index (χ0v) is 18.8. The number of morpholine rings is 1. The molecule has 0 N–H and O–H groups in total. The minimum Gasteiger partial charge on any atom is -0.374 e. The van der Waals surface area contributed by atoms with Crippen molar-refractivity contribution in [2.45, 2.75) is 43.8 Å². The van der Waals surface area contributed by atoms with Crippen LogP contribution in [0.2, 0.25) is 0 Å². The number of ether oxygens (including phenoxy) is 1. The van der Waals surface area contributed by atoms with Gasteiger partial charge in [-0.05, 0) is 25.0 Å². The zero-order chi connectivity index (χ0) is 24.2. The van der Waals surface area contributed by atoms with Crippen LogP contribution in [-0.2, 0) is 11.3 Å². The molecule has 3 aliphatic rings. The van der Waals surface area contributed by atoms with Gasteiger partial charge >= 0.3 is 6.18 Å². The van der Waals surface area contributed by atoms with E-state index in [0.29, 0.717) is 24.8 Å². The Morgan fingerprint density at radius 1 is 1.29 bits per heavy atom. The Kier molecular flexibility index (Phi) is 5.50. The number of aromatic nitrogens is 3. The fourth-order valence-electron chi connectivity index (χ4n) is 4.87. The highest BCUT2D eigenvalue weighted by Gasteiger charge is 2.48. The van der Waals surface area contributed by atoms with Gasteiger partial charge in [0.25, 0.3) is 5.56 Å². The van der Waals surface area contributed by atoms with Gasteiger partial charge in [-0.3, -0.25) is 14.2 Å². The minimum absolute atomic E-state index is 0.0313. The number of ketones is 1. The predicted octanol–water partition coefficient (Wildman–Crippen LogP) is 1.71. The fraction of sp³-hybridized carbons (Fsp3) is 0.545. The molecule has 182 valence electrons. The summed E-state index contributed by atoms with van der Waals surface area (Å²) < 4.78 is 48.8. The standard InChI is InChI=1S/C22H25F3N6O3/c1-28(2)18-4-3-13(9-26-18)16(32)11-31-17(22(23,24)25)5-6-29-20(33)8-19(27-21(29)31)30-10-15-7-14(30)12-34-15/h3-4,8-9,14-15,17H,5-7,10-12H2,1-2H3/t14?,15-,17-/m0/s1. The first kappa shape index (κ1) is 22.6. The maximum Gasteiger partial charge on any atom is 0.408 e. The number of anilines is 3. The van der Waals surface area contributed by atoms with Crippen LogP contribution in [0.15, 0.2) is 29.2 Å². The second-order valence-electron chi connectivity index (χ2n) is 9.10. The summed E-state index contributed by atoms with van der Waals surface area (Å²) in [7, 11) is 3.59. The van der Waals surface area contributed by atoms with E-state index in [2.05, 4.69) is 9.97 Å². The van der Waals surface area contributed by atoms with Crippen molar-refractivity contribution in [3.8, 4) is 0 Å². The van der Waals surface area contributed by atoms with Crippen LogP contribution in [0.5, 0.6) is 0 Å². The van der Waals surface area contributed by atoms with Crippen LogP contribution in [-0.4, -0.2) is 78.5 Å². The highest BCUT2D eigenvalue weighted by atomic mass is 19.4. The van der Waals surface area contributed by atoms with Crippen LogP contribution in [0.3, 0.4) is 0 Å². The molecule has 1 unspecified atom stereocenters. The summed E-state index contributed by atoms with van der Waals surface area (Å²) >= 11 is 0. The first-order valence-corrected chi connectivity index (χ1v) is 11.1. The molecule has 3 aliphatic heterocycles. The van der Waals surface area contributed by atoms with Gasteiger partial charge in [0.05, 0.1) is 25.3 Å². The summed E-state index contributed by atoms with van der Waals surface area (Å²) in [4.78, 5) is 39.1. The van der Waals surface area contributed by atoms with Crippen molar-refractivity contribution in [1.29, 1.82) is 0 Å². The predicted molar refractivity (Wildman–Crippen MR) is 119 cm³/mol. The average molecular weight is 478 g/mol. The maximum atomic E-state index is 14.0. The summed E-state index contributed by atoms with van der Waals surface area (Å²) in [5, 5.41) is 0. The van der Waals surface area contributed by atoms with Crippen LogP contribution >= 0.6 is 0 Å². The van der Waals surface area contributed by atoms with Crippen LogP contribution < -0.4 is 20.3 Å². The van der Waals surface area contributed by atoms with Gasteiger partial charge < -0.3 is 19.4 Å². The van der Waals surface area contributed by atoms with Gasteiger partial charge in [0, 0.05) is 45.0 Å². The summed E-state index contributed by atoms with van der Waals surface area (Å²) in [6.07, 6.45) is -2.76. The smallest absolute Gasteiger partial charge is 0.374 e. The molecule has 34 heavy (non-hydrogen) atoms. The normalized spacial score (nSPS) is 23.9. The van der Waals surface area contributed by atoms with E-state index in [4.69, 9.17) is 4.74 Å². The van der Waals surface area contributed by atoms with Gasteiger partial charge in [0.2, 0.25) is 5.95 Å². The van der Waals surface area contributed by atoms with Crippen molar-refractivity contribution in [3.05, 3.63) is 40.3 Å². The molecule has 9 nitrogen and oxygen atoms in total.